The second-order valence-electron chi connectivity index (χ2n) is 8.66. The highest BCUT2D eigenvalue weighted by molar-refractivity contribution is 7.90. The molecule has 32 heavy (non-hydrogen) atoms. The Hall–Kier alpha value is -2.94. The van der Waals surface area contributed by atoms with Gasteiger partial charge in [0.05, 0.1) is 4.90 Å². The van der Waals surface area contributed by atoms with E-state index in [4.69, 9.17) is 4.42 Å². The number of carboxylic acid groups (broad SMARTS) is 1. The van der Waals surface area contributed by atoms with Gasteiger partial charge >= 0.3 is 6.09 Å². The highest BCUT2D eigenvalue weighted by Gasteiger charge is 2.36. The van der Waals surface area contributed by atoms with Gasteiger partial charge in [0.1, 0.15) is 11.3 Å². The molecule has 2 aromatic carbocycles. The lowest BCUT2D eigenvalue weighted by Gasteiger charge is -2.39. The molecule has 9 heteroatoms. The van der Waals surface area contributed by atoms with Crippen LogP contribution in [0.15, 0.2) is 45.7 Å². The number of carbonyl (C=O) groups is 1. The van der Waals surface area contributed by atoms with Crippen molar-refractivity contribution < 1.29 is 27.1 Å². The molecule has 0 bridgehead atoms. The maximum atomic E-state index is 14.6. The van der Waals surface area contributed by atoms with E-state index in [0.717, 1.165) is 12.3 Å². The Morgan fingerprint density at radius 3 is 2.62 bits per heavy atom. The van der Waals surface area contributed by atoms with E-state index in [2.05, 4.69) is 4.98 Å². The molecule has 2 heterocycles. The molecular formula is C23H25FN2O5S. The smallest absolute Gasteiger partial charge is 0.407 e. The highest BCUT2D eigenvalue weighted by atomic mass is 32.2. The summed E-state index contributed by atoms with van der Waals surface area (Å²) in [5.41, 5.74) is 1.98. The first kappa shape index (κ1) is 22.3. The fraction of sp³-hybridized carbons (Fsp3) is 0.391. The van der Waals surface area contributed by atoms with Crippen molar-refractivity contribution >= 4 is 27.0 Å². The van der Waals surface area contributed by atoms with Gasteiger partial charge in [0.15, 0.2) is 21.3 Å². The number of oxazole rings is 1. The van der Waals surface area contributed by atoms with Gasteiger partial charge in [-0.25, -0.2) is 22.6 Å². The third-order valence-electron chi connectivity index (χ3n) is 6.09. The zero-order valence-corrected chi connectivity index (χ0v) is 18.9. The van der Waals surface area contributed by atoms with Crippen LogP contribution in [0.3, 0.4) is 0 Å². The minimum atomic E-state index is -3.50. The molecule has 1 aliphatic heterocycles. The summed E-state index contributed by atoms with van der Waals surface area (Å²) in [6.45, 7) is 4.43. The third kappa shape index (κ3) is 4.21. The van der Waals surface area contributed by atoms with Crippen molar-refractivity contribution in [3.8, 4) is 11.1 Å². The van der Waals surface area contributed by atoms with E-state index in [1.165, 1.54) is 17.0 Å². The van der Waals surface area contributed by atoms with E-state index in [-0.39, 0.29) is 28.3 Å². The number of rotatable bonds is 4. The number of hydrogen-bond acceptors (Lipinski definition) is 5. The minimum absolute atomic E-state index is 0.000342. The van der Waals surface area contributed by atoms with Crippen molar-refractivity contribution in [1.29, 1.82) is 0 Å². The molecule has 4 rings (SSSR count). The summed E-state index contributed by atoms with van der Waals surface area (Å²) in [5.74, 6) is 0.0972. The standard InChI is InChI=1S/C23H25FN2O5S/c1-13(2)20-11-15(8-9-26(20)23(27)28)22-25-19-10-14(4-7-21(19)31-22)17-6-5-16(12-18(17)24)32(3,29)30/h4-7,10,12-13,15,20H,8-9,11H2,1-3H3,(H,27,28). The number of amides is 1. The molecular weight excluding hydrogens is 435 g/mol. The van der Waals surface area contributed by atoms with Crippen LogP contribution in [0.5, 0.6) is 0 Å². The Bertz CT molecular complexity index is 1280. The van der Waals surface area contributed by atoms with Crippen LogP contribution in [0.4, 0.5) is 9.18 Å². The average molecular weight is 461 g/mol. The lowest BCUT2D eigenvalue weighted by Crippen LogP contribution is -2.47. The number of sulfone groups is 1. The lowest BCUT2D eigenvalue weighted by atomic mass is 9.85. The zero-order valence-electron chi connectivity index (χ0n) is 18.1. The van der Waals surface area contributed by atoms with Crippen molar-refractivity contribution in [2.45, 2.75) is 43.5 Å². The van der Waals surface area contributed by atoms with E-state index < -0.39 is 21.7 Å². The van der Waals surface area contributed by atoms with Crippen LogP contribution >= 0.6 is 0 Å². The van der Waals surface area contributed by atoms with Gasteiger partial charge in [0, 0.05) is 30.3 Å². The van der Waals surface area contributed by atoms with Gasteiger partial charge in [-0.2, -0.15) is 0 Å². The number of fused-ring (bicyclic) bond motifs is 1. The van der Waals surface area contributed by atoms with Gasteiger partial charge in [-0.3, -0.25) is 0 Å². The van der Waals surface area contributed by atoms with Crippen LogP contribution in [-0.4, -0.2) is 48.3 Å². The monoisotopic (exact) mass is 460 g/mol. The van der Waals surface area contributed by atoms with Gasteiger partial charge in [-0.05, 0) is 48.6 Å². The molecule has 2 atom stereocenters. The maximum absolute atomic E-state index is 14.6. The van der Waals surface area contributed by atoms with Crippen LogP contribution in [0.1, 0.15) is 38.5 Å². The SMILES string of the molecule is CC(C)C1CC(c2nc3cc(-c4ccc(S(C)(=O)=O)cc4F)ccc3o2)CCN1C(=O)O. The van der Waals surface area contributed by atoms with Crippen molar-refractivity contribution in [2.24, 2.45) is 5.92 Å². The second-order valence-corrected chi connectivity index (χ2v) is 10.7. The van der Waals surface area contributed by atoms with Crippen LogP contribution in [0.25, 0.3) is 22.2 Å². The number of nitrogens with zero attached hydrogens (tertiary/aromatic N) is 2. The topological polar surface area (TPSA) is 101 Å². The molecule has 1 aliphatic rings. The molecule has 1 amide bonds. The first-order valence-corrected chi connectivity index (χ1v) is 12.3. The average Bonchev–Trinajstić information content (AvgIpc) is 3.15. The van der Waals surface area contributed by atoms with E-state index >= 15 is 0 Å². The number of piperidine rings is 1. The second kappa shape index (κ2) is 8.20. The molecule has 1 fully saturated rings. The molecule has 0 aliphatic carbocycles. The van der Waals surface area contributed by atoms with Crippen LogP contribution < -0.4 is 0 Å². The quantitative estimate of drug-likeness (QED) is 0.593. The molecule has 1 saturated heterocycles. The highest BCUT2D eigenvalue weighted by Crippen LogP contribution is 2.36. The van der Waals surface area contributed by atoms with Gasteiger partial charge in [-0.1, -0.05) is 26.0 Å². The largest absolute Gasteiger partial charge is 0.465 e. The Morgan fingerprint density at radius 1 is 1.25 bits per heavy atom. The first-order valence-electron chi connectivity index (χ1n) is 10.4. The lowest BCUT2D eigenvalue weighted by molar-refractivity contribution is 0.0794. The van der Waals surface area contributed by atoms with Gasteiger partial charge in [0.25, 0.3) is 0 Å². The summed E-state index contributed by atoms with van der Waals surface area (Å²) in [5, 5.41) is 9.47. The summed E-state index contributed by atoms with van der Waals surface area (Å²) in [6.07, 6.45) is 1.38. The predicted molar refractivity (Wildman–Crippen MR) is 118 cm³/mol. The molecule has 3 aromatic rings. The van der Waals surface area contributed by atoms with Crippen LogP contribution in [0, 0.1) is 11.7 Å². The third-order valence-corrected chi connectivity index (χ3v) is 7.20. The number of benzene rings is 2. The fourth-order valence-corrected chi connectivity index (χ4v) is 4.97. The van der Waals surface area contributed by atoms with Crippen LogP contribution in [-0.2, 0) is 9.84 Å². The molecule has 1 N–H and O–H groups in total. The van der Waals surface area contributed by atoms with Gasteiger partial charge in [0.2, 0.25) is 0 Å². The molecule has 2 unspecified atom stereocenters. The Kier molecular flexibility index (Phi) is 5.70. The normalized spacial score (nSPS) is 19.6. The summed E-state index contributed by atoms with van der Waals surface area (Å²) in [7, 11) is -3.50. The van der Waals surface area contributed by atoms with Crippen molar-refractivity contribution in [1.82, 2.24) is 9.88 Å². The van der Waals surface area contributed by atoms with Crippen molar-refractivity contribution in [3.63, 3.8) is 0 Å². The Balaban J connectivity index is 1.64. The van der Waals surface area contributed by atoms with Crippen LogP contribution in [0.2, 0.25) is 0 Å². The summed E-state index contributed by atoms with van der Waals surface area (Å²) >= 11 is 0. The molecule has 0 spiro atoms. The summed E-state index contributed by atoms with van der Waals surface area (Å²) < 4.78 is 43.9. The van der Waals surface area contributed by atoms with E-state index in [0.29, 0.717) is 41.9 Å². The van der Waals surface area contributed by atoms with Gasteiger partial charge < -0.3 is 14.4 Å². The fourth-order valence-electron chi connectivity index (χ4n) is 4.34. The first-order chi connectivity index (χ1) is 15.0. The van der Waals surface area contributed by atoms with Crippen molar-refractivity contribution in [2.75, 3.05) is 12.8 Å². The Labute approximate surface area is 185 Å². The summed E-state index contributed by atoms with van der Waals surface area (Å²) in [4.78, 5) is 17.6. The predicted octanol–water partition coefficient (Wildman–Crippen LogP) is 4.92. The number of halogens is 1. The number of hydrogen-bond donors (Lipinski definition) is 1. The minimum Gasteiger partial charge on any atom is -0.465 e. The molecule has 1 aromatic heterocycles. The number of likely N-dealkylation sites (tertiary alicyclic amines) is 1. The molecule has 170 valence electrons. The van der Waals surface area contributed by atoms with E-state index in [1.807, 2.05) is 13.8 Å². The van der Waals surface area contributed by atoms with Gasteiger partial charge in [-0.15, -0.1) is 0 Å². The molecule has 7 nitrogen and oxygen atoms in total. The Morgan fingerprint density at radius 2 is 2.00 bits per heavy atom. The van der Waals surface area contributed by atoms with Crippen molar-refractivity contribution in [3.05, 3.63) is 48.1 Å². The van der Waals surface area contributed by atoms with E-state index in [1.54, 1.807) is 18.2 Å². The summed E-state index contributed by atoms with van der Waals surface area (Å²) in [6, 6.07) is 8.88. The van der Waals surface area contributed by atoms with E-state index in [9.17, 15) is 22.7 Å². The molecule has 0 radical (unpaired) electrons. The maximum Gasteiger partial charge on any atom is 0.407 e. The zero-order chi connectivity index (χ0) is 23.2. The molecule has 0 saturated carbocycles. The number of aromatic nitrogens is 1.